The molecule has 6 heteroatoms. The number of aryl methyl sites for hydroxylation is 1. The van der Waals surface area contributed by atoms with Crippen molar-refractivity contribution in [2.45, 2.75) is 46.1 Å². The first-order valence-corrected chi connectivity index (χ1v) is 7.61. The van der Waals surface area contributed by atoms with E-state index in [9.17, 15) is 9.59 Å². The number of nitrogens with one attached hydrogen (secondary N) is 1. The maximum atomic E-state index is 11.7. The van der Waals surface area contributed by atoms with Crippen LogP contribution < -0.4 is 10.1 Å². The molecule has 1 rings (SSSR count). The zero-order valence-corrected chi connectivity index (χ0v) is 12.9. The summed E-state index contributed by atoms with van der Waals surface area (Å²) in [6.07, 6.45) is 2.47. The van der Waals surface area contributed by atoms with E-state index in [1.807, 2.05) is 20.8 Å². The largest absolute Gasteiger partial charge is 0.482 e. The Morgan fingerprint density at radius 3 is 2.50 bits per heavy atom. The average Bonchev–Trinajstić information content (AvgIpc) is 2.86. The first kappa shape index (κ1) is 16.5. The molecule has 0 aliphatic carbocycles. The van der Waals surface area contributed by atoms with Crippen LogP contribution in [0, 0.1) is 0 Å². The normalized spacial score (nSPS) is 10.6. The molecule has 0 radical (unpaired) electrons. The number of hydrogen-bond donors (Lipinski definition) is 2. The minimum atomic E-state index is -1.02. The van der Waals surface area contributed by atoms with Crippen LogP contribution in [0.2, 0.25) is 0 Å². The Balaban J connectivity index is 2.63. The maximum Gasteiger partial charge on any atom is 0.349 e. The molecule has 0 aliphatic heterocycles. The van der Waals surface area contributed by atoms with Crippen LogP contribution in [0.5, 0.6) is 5.75 Å². The second-order valence-corrected chi connectivity index (χ2v) is 5.57. The second-order valence-electron chi connectivity index (χ2n) is 4.43. The number of carbonyl (C=O) groups excluding carboxylic acids is 1. The molecule has 0 bridgehead atoms. The number of carboxylic acid groups (broad SMARTS) is 1. The van der Waals surface area contributed by atoms with Gasteiger partial charge in [-0.2, -0.15) is 0 Å². The van der Waals surface area contributed by atoms with Crippen LogP contribution in [0.15, 0.2) is 6.07 Å². The Morgan fingerprint density at radius 2 is 2.00 bits per heavy atom. The van der Waals surface area contributed by atoms with Crippen LogP contribution >= 0.6 is 11.3 Å². The Labute approximate surface area is 123 Å². The second kappa shape index (κ2) is 7.89. The van der Waals surface area contributed by atoms with Crippen LogP contribution in [0.1, 0.15) is 48.2 Å². The SMILES string of the molecule is CCc1cc(OCC(=O)NC(CC)CC)c(C(=O)O)s1. The lowest BCUT2D eigenvalue weighted by molar-refractivity contribution is -0.123. The van der Waals surface area contributed by atoms with Gasteiger partial charge in [-0.05, 0) is 25.3 Å². The molecule has 1 aromatic heterocycles. The maximum absolute atomic E-state index is 11.7. The van der Waals surface area contributed by atoms with Gasteiger partial charge in [-0.15, -0.1) is 11.3 Å². The Bertz CT molecular complexity index is 466. The van der Waals surface area contributed by atoms with Crippen molar-refractivity contribution in [1.29, 1.82) is 0 Å². The highest BCUT2D eigenvalue weighted by Crippen LogP contribution is 2.29. The molecule has 20 heavy (non-hydrogen) atoms. The third-order valence-electron chi connectivity index (χ3n) is 3.00. The van der Waals surface area contributed by atoms with E-state index in [2.05, 4.69) is 5.32 Å². The van der Waals surface area contributed by atoms with Crippen molar-refractivity contribution in [2.75, 3.05) is 6.61 Å². The molecule has 0 spiro atoms. The Hall–Kier alpha value is -1.56. The van der Waals surface area contributed by atoms with Gasteiger partial charge in [-0.25, -0.2) is 4.79 Å². The van der Waals surface area contributed by atoms with Gasteiger partial charge in [0.2, 0.25) is 0 Å². The summed E-state index contributed by atoms with van der Waals surface area (Å²) in [4.78, 5) is 23.9. The zero-order valence-electron chi connectivity index (χ0n) is 12.1. The molecule has 0 saturated heterocycles. The van der Waals surface area contributed by atoms with Gasteiger partial charge in [0.15, 0.2) is 11.5 Å². The fraction of sp³-hybridized carbons (Fsp3) is 0.571. The summed E-state index contributed by atoms with van der Waals surface area (Å²) in [6.45, 7) is 5.80. The van der Waals surface area contributed by atoms with Gasteiger partial charge >= 0.3 is 5.97 Å². The van der Waals surface area contributed by atoms with Crippen LogP contribution in [0.4, 0.5) is 0 Å². The van der Waals surface area contributed by atoms with Gasteiger partial charge in [0.25, 0.3) is 5.91 Å². The third kappa shape index (κ3) is 4.52. The van der Waals surface area contributed by atoms with Gasteiger partial charge in [0.05, 0.1) is 0 Å². The van der Waals surface area contributed by atoms with Crippen LogP contribution in [0.3, 0.4) is 0 Å². The van der Waals surface area contributed by atoms with Gasteiger partial charge < -0.3 is 15.2 Å². The van der Waals surface area contributed by atoms with E-state index in [-0.39, 0.29) is 29.2 Å². The van der Waals surface area contributed by atoms with Crippen molar-refractivity contribution in [3.63, 3.8) is 0 Å². The van der Waals surface area contributed by atoms with E-state index in [1.165, 1.54) is 11.3 Å². The van der Waals surface area contributed by atoms with Crippen molar-refractivity contribution in [3.8, 4) is 5.75 Å². The summed E-state index contributed by atoms with van der Waals surface area (Å²) in [5, 5.41) is 11.9. The van der Waals surface area contributed by atoms with E-state index < -0.39 is 5.97 Å². The molecule has 0 fully saturated rings. The van der Waals surface area contributed by atoms with E-state index in [0.29, 0.717) is 0 Å². The van der Waals surface area contributed by atoms with Crippen molar-refractivity contribution >= 4 is 23.2 Å². The van der Waals surface area contributed by atoms with Crippen LogP contribution in [-0.2, 0) is 11.2 Å². The van der Waals surface area contributed by atoms with Crippen LogP contribution in [-0.4, -0.2) is 29.6 Å². The highest BCUT2D eigenvalue weighted by molar-refractivity contribution is 7.14. The molecule has 5 nitrogen and oxygen atoms in total. The predicted octanol–water partition coefficient (Wildman–Crippen LogP) is 2.69. The highest BCUT2D eigenvalue weighted by Gasteiger charge is 2.17. The molecule has 112 valence electrons. The topological polar surface area (TPSA) is 75.6 Å². The number of hydrogen-bond acceptors (Lipinski definition) is 4. The number of amides is 1. The minimum absolute atomic E-state index is 0.138. The zero-order chi connectivity index (χ0) is 15.1. The summed E-state index contributed by atoms with van der Waals surface area (Å²) < 4.78 is 5.35. The molecule has 0 aromatic carbocycles. The number of carbonyl (C=O) groups is 2. The first-order valence-electron chi connectivity index (χ1n) is 6.79. The molecule has 0 aliphatic rings. The summed E-state index contributed by atoms with van der Waals surface area (Å²) in [6, 6.07) is 1.83. The molecular formula is C14H21NO4S. The average molecular weight is 299 g/mol. The molecule has 0 saturated carbocycles. The lowest BCUT2D eigenvalue weighted by Crippen LogP contribution is -2.37. The van der Waals surface area contributed by atoms with Crippen molar-refractivity contribution in [2.24, 2.45) is 0 Å². The fourth-order valence-electron chi connectivity index (χ4n) is 1.76. The van der Waals surface area contributed by atoms with Gasteiger partial charge in [0, 0.05) is 10.9 Å². The molecule has 1 amide bonds. The lowest BCUT2D eigenvalue weighted by Gasteiger charge is -2.14. The Morgan fingerprint density at radius 1 is 1.35 bits per heavy atom. The summed E-state index contributed by atoms with van der Waals surface area (Å²) in [5.41, 5.74) is 0. The molecule has 0 atom stereocenters. The quantitative estimate of drug-likeness (QED) is 0.774. The fourth-order valence-corrected chi connectivity index (χ4v) is 2.64. The predicted molar refractivity (Wildman–Crippen MR) is 78.7 cm³/mol. The molecule has 0 unspecified atom stereocenters. The van der Waals surface area contributed by atoms with Crippen molar-refractivity contribution in [3.05, 3.63) is 15.8 Å². The van der Waals surface area contributed by atoms with Crippen LogP contribution in [0.25, 0.3) is 0 Å². The smallest absolute Gasteiger partial charge is 0.349 e. The van der Waals surface area contributed by atoms with E-state index in [1.54, 1.807) is 6.07 Å². The number of thiophene rings is 1. The summed E-state index contributed by atoms with van der Waals surface area (Å²) in [5.74, 6) is -0.969. The van der Waals surface area contributed by atoms with E-state index in [0.717, 1.165) is 24.1 Å². The monoisotopic (exact) mass is 299 g/mol. The number of carboxylic acids is 1. The lowest BCUT2D eigenvalue weighted by atomic mass is 10.2. The third-order valence-corrected chi connectivity index (χ3v) is 4.25. The highest BCUT2D eigenvalue weighted by atomic mass is 32.1. The minimum Gasteiger partial charge on any atom is -0.482 e. The Kier molecular flexibility index (Phi) is 6.51. The van der Waals surface area contributed by atoms with Gasteiger partial charge in [-0.3, -0.25) is 4.79 Å². The number of rotatable bonds is 8. The molecular weight excluding hydrogens is 278 g/mol. The van der Waals surface area contributed by atoms with Gasteiger partial charge in [0.1, 0.15) is 5.75 Å². The van der Waals surface area contributed by atoms with Gasteiger partial charge in [-0.1, -0.05) is 20.8 Å². The number of ether oxygens (including phenoxy) is 1. The van der Waals surface area contributed by atoms with Crippen molar-refractivity contribution in [1.82, 2.24) is 5.32 Å². The summed E-state index contributed by atoms with van der Waals surface area (Å²) in [7, 11) is 0. The molecule has 2 N–H and O–H groups in total. The first-order chi connectivity index (χ1) is 9.51. The molecule has 1 aromatic rings. The number of aromatic carboxylic acids is 1. The summed E-state index contributed by atoms with van der Waals surface area (Å²) >= 11 is 1.19. The molecule has 1 heterocycles. The van der Waals surface area contributed by atoms with Crippen molar-refractivity contribution < 1.29 is 19.4 Å². The standard InChI is InChI=1S/C14H21NO4S/c1-4-9(5-2)15-12(16)8-19-11-7-10(6-3)20-13(11)14(17)18/h7,9H,4-6,8H2,1-3H3,(H,15,16)(H,17,18). The van der Waals surface area contributed by atoms with E-state index >= 15 is 0 Å². The van der Waals surface area contributed by atoms with E-state index in [4.69, 9.17) is 9.84 Å².